The van der Waals surface area contributed by atoms with Gasteiger partial charge in [0.15, 0.2) is 12.1 Å². The molecule has 0 radical (unpaired) electrons. The molecule has 3 heterocycles. The van der Waals surface area contributed by atoms with Crippen LogP contribution in [0.3, 0.4) is 0 Å². The Hall–Kier alpha value is -0.620. The van der Waals surface area contributed by atoms with Gasteiger partial charge in [0.05, 0.1) is 31.5 Å². The molecule has 1 spiro atoms. The second kappa shape index (κ2) is 9.69. The van der Waals surface area contributed by atoms with Gasteiger partial charge in [-0.3, -0.25) is 0 Å². The van der Waals surface area contributed by atoms with Gasteiger partial charge < -0.3 is 44.5 Å². The number of aliphatic hydroxyl groups excluding tert-OH is 4. The first-order chi connectivity index (χ1) is 19.3. The summed E-state index contributed by atoms with van der Waals surface area (Å²) in [5, 5.41) is 54.3. The van der Waals surface area contributed by atoms with Crippen LogP contribution in [-0.4, -0.2) is 93.0 Å². The lowest BCUT2D eigenvalue weighted by Gasteiger charge is -2.61. The van der Waals surface area contributed by atoms with Gasteiger partial charge in [0.2, 0.25) is 0 Å². The van der Waals surface area contributed by atoms with Gasteiger partial charge in [0.1, 0.15) is 23.9 Å². The van der Waals surface area contributed by atoms with Crippen molar-refractivity contribution in [3.05, 3.63) is 11.6 Å². The minimum absolute atomic E-state index is 0.114. The van der Waals surface area contributed by atoms with Crippen LogP contribution in [0.5, 0.6) is 0 Å². The van der Waals surface area contributed by atoms with Crippen molar-refractivity contribution in [2.45, 2.75) is 133 Å². The molecular formula is C32H50O9. The van der Waals surface area contributed by atoms with Gasteiger partial charge in [-0.05, 0) is 62.2 Å². The zero-order chi connectivity index (χ0) is 29.1. The topological polar surface area (TPSA) is 138 Å². The molecule has 9 nitrogen and oxygen atoms in total. The number of ether oxygens (including phenoxy) is 4. The van der Waals surface area contributed by atoms with Crippen LogP contribution in [-0.2, 0) is 18.9 Å². The molecule has 7 rings (SSSR count). The molecule has 41 heavy (non-hydrogen) atoms. The summed E-state index contributed by atoms with van der Waals surface area (Å²) in [6.45, 7) is 9.43. The first kappa shape index (κ1) is 29.1. The predicted molar refractivity (Wildman–Crippen MR) is 147 cm³/mol. The molecule has 3 saturated carbocycles. The van der Waals surface area contributed by atoms with E-state index < -0.39 is 48.2 Å². The maximum absolute atomic E-state index is 12.6. The summed E-state index contributed by atoms with van der Waals surface area (Å²) >= 11 is 0. The lowest BCUT2D eigenvalue weighted by atomic mass is 9.45. The SMILES string of the molecule is CC1CCC2(OC1)OC1CC3C4CC=C5CC(O)CC(OC6OCC(O)C(O)C6O)C5(C)C4CCC3(C)C1(O)C2C. The Bertz CT molecular complexity index is 1060. The lowest BCUT2D eigenvalue weighted by Crippen LogP contribution is -2.62. The van der Waals surface area contributed by atoms with Crippen LogP contribution < -0.4 is 0 Å². The summed E-state index contributed by atoms with van der Waals surface area (Å²) in [5.41, 5.74) is -0.445. The molecule has 0 bridgehead atoms. The molecule has 4 aliphatic carbocycles. The molecule has 0 aromatic heterocycles. The number of rotatable bonds is 2. The van der Waals surface area contributed by atoms with Gasteiger partial charge in [-0.15, -0.1) is 0 Å². The molecule has 232 valence electrons. The normalized spacial score (nSPS) is 60.2. The molecule has 9 heteroatoms. The van der Waals surface area contributed by atoms with Crippen molar-refractivity contribution in [2.24, 2.45) is 40.4 Å². The van der Waals surface area contributed by atoms with E-state index in [1.165, 1.54) is 5.57 Å². The summed E-state index contributed by atoms with van der Waals surface area (Å²) < 4.78 is 25.3. The van der Waals surface area contributed by atoms with Crippen LogP contribution >= 0.6 is 0 Å². The first-order valence-electron chi connectivity index (χ1n) is 16.1. The molecule has 6 fully saturated rings. The minimum atomic E-state index is -1.37. The standard InChI is InChI=1S/C32H50O9/c1-16-7-10-31(39-14-16)17(2)32(37)25(41-31)13-22-20-6-5-18-11-19(33)12-24(30(18,4)21(20)8-9-29(22,32)3)40-28-27(36)26(35)23(34)15-38-28/h5,16-17,19-28,33-37H,6-15H2,1-4H3. The van der Waals surface area contributed by atoms with Crippen molar-refractivity contribution in [1.29, 1.82) is 0 Å². The minimum Gasteiger partial charge on any atom is -0.393 e. The Morgan fingerprint density at radius 2 is 1.73 bits per heavy atom. The fraction of sp³-hybridized carbons (Fsp3) is 0.938. The van der Waals surface area contributed by atoms with Gasteiger partial charge in [-0.1, -0.05) is 39.3 Å². The number of allylic oxidation sites excluding steroid dienone is 1. The molecule has 16 atom stereocenters. The van der Waals surface area contributed by atoms with Gasteiger partial charge in [0.25, 0.3) is 0 Å². The Balaban J connectivity index is 1.17. The van der Waals surface area contributed by atoms with E-state index in [2.05, 4.69) is 33.8 Å². The molecule has 5 N–H and O–H groups in total. The van der Waals surface area contributed by atoms with Crippen molar-refractivity contribution < 1.29 is 44.5 Å². The molecule has 7 aliphatic rings. The van der Waals surface area contributed by atoms with Crippen molar-refractivity contribution in [2.75, 3.05) is 13.2 Å². The highest BCUT2D eigenvalue weighted by molar-refractivity contribution is 5.30. The van der Waals surface area contributed by atoms with E-state index in [1.54, 1.807) is 0 Å². The highest BCUT2D eigenvalue weighted by Crippen LogP contribution is 2.72. The number of hydrogen-bond donors (Lipinski definition) is 5. The van der Waals surface area contributed by atoms with Gasteiger partial charge in [0, 0.05) is 29.6 Å². The second-order valence-electron chi connectivity index (χ2n) is 15.2. The van der Waals surface area contributed by atoms with Crippen LogP contribution in [0, 0.1) is 40.4 Å². The summed E-state index contributed by atoms with van der Waals surface area (Å²) in [6, 6.07) is 0. The maximum Gasteiger partial charge on any atom is 0.186 e. The molecule has 0 aromatic carbocycles. The van der Waals surface area contributed by atoms with Crippen LogP contribution in [0.4, 0.5) is 0 Å². The third-order valence-corrected chi connectivity index (χ3v) is 13.4. The quantitative estimate of drug-likeness (QED) is 0.313. The van der Waals surface area contributed by atoms with Crippen molar-refractivity contribution in [3.63, 3.8) is 0 Å². The van der Waals surface area contributed by atoms with Gasteiger partial charge in [-0.25, -0.2) is 0 Å². The van der Waals surface area contributed by atoms with Gasteiger partial charge >= 0.3 is 0 Å². The Morgan fingerprint density at radius 1 is 0.951 bits per heavy atom. The molecule has 16 unspecified atom stereocenters. The molecule has 3 aliphatic heterocycles. The summed E-state index contributed by atoms with van der Waals surface area (Å²) in [6.07, 6.45) is 2.50. The van der Waals surface area contributed by atoms with Crippen LogP contribution in [0.25, 0.3) is 0 Å². The zero-order valence-corrected chi connectivity index (χ0v) is 24.9. The van der Waals surface area contributed by atoms with E-state index in [1.807, 2.05) is 0 Å². The average molecular weight is 579 g/mol. The lowest BCUT2D eigenvalue weighted by molar-refractivity contribution is -0.300. The van der Waals surface area contributed by atoms with Crippen LogP contribution in [0.2, 0.25) is 0 Å². The third kappa shape index (κ3) is 3.86. The summed E-state index contributed by atoms with van der Waals surface area (Å²) in [5.74, 6) is 0.563. The predicted octanol–water partition coefficient (Wildman–Crippen LogP) is 2.26. The van der Waals surface area contributed by atoms with E-state index >= 15 is 0 Å². The smallest absolute Gasteiger partial charge is 0.186 e. The largest absolute Gasteiger partial charge is 0.393 e. The van der Waals surface area contributed by atoms with Gasteiger partial charge in [-0.2, -0.15) is 0 Å². The Labute approximate surface area is 243 Å². The fourth-order valence-electron chi connectivity index (χ4n) is 10.9. The zero-order valence-electron chi connectivity index (χ0n) is 24.9. The molecule has 0 amide bonds. The van der Waals surface area contributed by atoms with E-state index in [0.717, 1.165) is 38.5 Å². The second-order valence-corrected chi connectivity index (χ2v) is 15.2. The molecule has 3 saturated heterocycles. The Morgan fingerprint density at radius 3 is 2.46 bits per heavy atom. The van der Waals surface area contributed by atoms with E-state index in [-0.39, 0.29) is 41.3 Å². The van der Waals surface area contributed by atoms with E-state index in [9.17, 15) is 25.5 Å². The maximum atomic E-state index is 12.6. The van der Waals surface area contributed by atoms with Crippen LogP contribution in [0.15, 0.2) is 11.6 Å². The van der Waals surface area contributed by atoms with Crippen molar-refractivity contribution in [3.8, 4) is 0 Å². The number of fused-ring (bicyclic) bond motifs is 7. The monoisotopic (exact) mass is 578 g/mol. The first-order valence-corrected chi connectivity index (χ1v) is 16.1. The average Bonchev–Trinajstić information content (AvgIpc) is 3.29. The highest BCUT2D eigenvalue weighted by atomic mass is 16.7. The molecular weight excluding hydrogens is 528 g/mol. The van der Waals surface area contributed by atoms with Crippen molar-refractivity contribution >= 4 is 0 Å². The number of hydrogen-bond acceptors (Lipinski definition) is 9. The number of aliphatic hydroxyl groups is 5. The summed E-state index contributed by atoms with van der Waals surface area (Å²) in [7, 11) is 0. The van der Waals surface area contributed by atoms with Crippen LogP contribution in [0.1, 0.15) is 79.1 Å². The molecule has 0 aromatic rings. The van der Waals surface area contributed by atoms with Crippen molar-refractivity contribution in [1.82, 2.24) is 0 Å². The summed E-state index contributed by atoms with van der Waals surface area (Å²) in [4.78, 5) is 0. The fourth-order valence-corrected chi connectivity index (χ4v) is 10.9. The van der Waals surface area contributed by atoms with E-state index in [0.29, 0.717) is 31.3 Å². The van der Waals surface area contributed by atoms with E-state index in [4.69, 9.17) is 18.9 Å². The highest BCUT2D eigenvalue weighted by Gasteiger charge is 2.76. The Kier molecular flexibility index (Phi) is 6.88. The third-order valence-electron chi connectivity index (χ3n) is 13.4.